The molecule has 1 aliphatic carbocycles. The summed E-state index contributed by atoms with van der Waals surface area (Å²) >= 11 is 0. The maximum absolute atomic E-state index is 10.3. The SMILES string of the molecule is NC(=O)N/N=C/c1cncn1C1CC1. The van der Waals surface area contributed by atoms with Crippen molar-refractivity contribution in [3.63, 3.8) is 0 Å². The summed E-state index contributed by atoms with van der Waals surface area (Å²) in [6.45, 7) is 0. The van der Waals surface area contributed by atoms with Gasteiger partial charge in [-0.25, -0.2) is 15.2 Å². The molecule has 1 saturated carbocycles. The summed E-state index contributed by atoms with van der Waals surface area (Å²) in [5, 5.41) is 3.67. The van der Waals surface area contributed by atoms with Crippen LogP contribution in [0.2, 0.25) is 0 Å². The molecule has 1 aromatic rings. The summed E-state index contributed by atoms with van der Waals surface area (Å²) in [5.74, 6) is 0. The molecular weight excluding hydrogens is 182 g/mol. The Bertz CT molecular complexity index is 366. The second-order valence-electron chi connectivity index (χ2n) is 3.19. The molecule has 3 N–H and O–H groups in total. The maximum Gasteiger partial charge on any atom is 0.332 e. The molecule has 1 aromatic heterocycles. The number of hydrazone groups is 1. The van der Waals surface area contributed by atoms with Gasteiger partial charge in [-0.15, -0.1) is 0 Å². The number of imidazole rings is 1. The quantitative estimate of drug-likeness (QED) is 0.531. The van der Waals surface area contributed by atoms with E-state index in [1.54, 1.807) is 12.5 Å². The van der Waals surface area contributed by atoms with Crippen LogP contribution in [0.15, 0.2) is 17.6 Å². The zero-order chi connectivity index (χ0) is 9.97. The highest BCUT2D eigenvalue weighted by Crippen LogP contribution is 2.35. The number of carbonyl (C=O) groups is 1. The second-order valence-corrected chi connectivity index (χ2v) is 3.19. The smallest absolute Gasteiger partial charge is 0.332 e. The minimum Gasteiger partial charge on any atom is -0.350 e. The third-order valence-corrected chi connectivity index (χ3v) is 2.01. The molecule has 0 aromatic carbocycles. The van der Waals surface area contributed by atoms with E-state index in [0.29, 0.717) is 6.04 Å². The van der Waals surface area contributed by atoms with Gasteiger partial charge in [0, 0.05) is 6.04 Å². The highest BCUT2D eigenvalue weighted by Gasteiger charge is 2.24. The van der Waals surface area contributed by atoms with Crippen molar-refractivity contribution in [3.05, 3.63) is 18.2 Å². The molecule has 0 saturated heterocycles. The largest absolute Gasteiger partial charge is 0.350 e. The number of nitrogens with two attached hydrogens (primary N) is 1. The lowest BCUT2D eigenvalue weighted by Gasteiger charge is -2.00. The first kappa shape index (κ1) is 8.74. The predicted molar refractivity (Wildman–Crippen MR) is 50.8 cm³/mol. The molecule has 6 nitrogen and oxygen atoms in total. The third kappa shape index (κ3) is 1.90. The fourth-order valence-electron chi connectivity index (χ4n) is 1.23. The van der Waals surface area contributed by atoms with Crippen molar-refractivity contribution in [2.24, 2.45) is 10.8 Å². The first-order valence-corrected chi connectivity index (χ1v) is 4.37. The molecule has 0 bridgehead atoms. The molecule has 2 amide bonds. The summed E-state index contributed by atoms with van der Waals surface area (Å²) in [6.07, 6.45) is 7.37. The van der Waals surface area contributed by atoms with E-state index in [9.17, 15) is 4.79 Å². The molecule has 14 heavy (non-hydrogen) atoms. The number of aromatic nitrogens is 2. The zero-order valence-corrected chi connectivity index (χ0v) is 7.55. The molecule has 1 aliphatic rings. The first-order chi connectivity index (χ1) is 6.77. The number of urea groups is 1. The van der Waals surface area contributed by atoms with Gasteiger partial charge in [0.05, 0.1) is 24.4 Å². The molecule has 1 heterocycles. The van der Waals surface area contributed by atoms with Crippen LogP contribution in [0.25, 0.3) is 0 Å². The van der Waals surface area contributed by atoms with Crippen LogP contribution in [-0.4, -0.2) is 21.8 Å². The van der Waals surface area contributed by atoms with Gasteiger partial charge in [0.1, 0.15) is 0 Å². The van der Waals surface area contributed by atoms with E-state index in [-0.39, 0.29) is 0 Å². The Balaban J connectivity index is 2.04. The molecule has 0 spiro atoms. The van der Waals surface area contributed by atoms with Crippen LogP contribution in [0.4, 0.5) is 4.79 Å². The van der Waals surface area contributed by atoms with Crippen molar-refractivity contribution in [1.29, 1.82) is 0 Å². The van der Waals surface area contributed by atoms with Crippen LogP contribution in [0.5, 0.6) is 0 Å². The Morgan fingerprint density at radius 1 is 1.79 bits per heavy atom. The molecule has 0 aliphatic heterocycles. The number of hydrogen-bond donors (Lipinski definition) is 2. The monoisotopic (exact) mass is 193 g/mol. The fourth-order valence-corrected chi connectivity index (χ4v) is 1.23. The maximum atomic E-state index is 10.3. The molecule has 74 valence electrons. The molecule has 0 unspecified atom stereocenters. The summed E-state index contributed by atoms with van der Waals surface area (Å²) in [6, 6.07) is -0.119. The molecular formula is C8H11N5O. The Kier molecular flexibility index (Phi) is 2.18. The van der Waals surface area contributed by atoms with Gasteiger partial charge < -0.3 is 10.3 Å². The van der Waals surface area contributed by atoms with E-state index in [4.69, 9.17) is 5.73 Å². The van der Waals surface area contributed by atoms with Gasteiger partial charge in [-0.3, -0.25) is 0 Å². The summed E-state index contributed by atoms with van der Waals surface area (Å²) in [7, 11) is 0. The number of hydrogen-bond acceptors (Lipinski definition) is 3. The van der Waals surface area contributed by atoms with Crippen LogP contribution in [-0.2, 0) is 0 Å². The number of carbonyl (C=O) groups excluding carboxylic acids is 1. The molecule has 0 atom stereocenters. The fraction of sp³-hybridized carbons (Fsp3) is 0.375. The van der Waals surface area contributed by atoms with E-state index >= 15 is 0 Å². The molecule has 0 radical (unpaired) electrons. The highest BCUT2D eigenvalue weighted by atomic mass is 16.2. The number of nitrogens with one attached hydrogen (secondary N) is 1. The van der Waals surface area contributed by atoms with Crippen molar-refractivity contribution >= 4 is 12.2 Å². The zero-order valence-electron chi connectivity index (χ0n) is 7.55. The lowest BCUT2D eigenvalue weighted by Crippen LogP contribution is -2.24. The summed E-state index contributed by atoms with van der Waals surface area (Å²) in [5.41, 5.74) is 7.87. The van der Waals surface area contributed by atoms with Crippen molar-refractivity contribution < 1.29 is 4.79 Å². The molecule has 2 rings (SSSR count). The Morgan fingerprint density at radius 3 is 3.21 bits per heavy atom. The number of nitrogens with zero attached hydrogens (tertiary/aromatic N) is 3. The highest BCUT2D eigenvalue weighted by molar-refractivity contribution is 5.79. The van der Waals surface area contributed by atoms with Gasteiger partial charge in [-0.2, -0.15) is 5.10 Å². The van der Waals surface area contributed by atoms with Gasteiger partial charge in [0.2, 0.25) is 0 Å². The van der Waals surface area contributed by atoms with Crippen LogP contribution in [0.1, 0.15) is 24.6 Å². The molecule has 6 heteroatoms. The Hall–Kier alpha value is -1.85. The second kappa shape index (κ2) is 3.49. The van der Waals surface area contributed by atoms with Crippen LogP contribution in [0, 0.1) is 0 Å². The van der Waals surface area contributed by atoms with E-state index in [2.05, 4.69) is 15.5 Å². The van der Waals surface area contributed by atoms with Gasteiger partial charge in [0.15, 0.2) is 0 Å². The lowest BCUT2D eigenvalue weighted by molar-refractivity contribution is 0.249. The summed E-state index contributed by atoms with van der Waals surface area (Å²) < 4.78 is 2.03. The van der Waals surface area contributed by atoms with Gasteiger partial charge in [0.25, 0.3) is 0 Å². The molecule has 1 fully saturated rings. The van der Waals surface area contributed by atoms with Crippen molar-refractivity contribution in [3.8, 4) is 0 Å². The Labute approximate surface area is 80.8 Å². The van der Waals surface area contributed by atoms with Crippen LogP contribution in [0.3, 0.4) is 0 Å². The average molecular weight is 193 g/mol. The van der Waals surface area contributed by atoms with Crippen molar-refractivity contribution in [2.45, 2.75) is 18.9 Å². The topological polar surface area (TPSA) is 85.3 Å². The van der Waals surface area contributed by atoms with Crippen molar-refractivity contribution in [1.82, 2.24) is 15.0 Å². The number of rotatable bonds is 3. The minimum absolute atomic E-state index is 0.549. The first-order valence-electron chi connectivity index (χ1n) is 4.37. The average Bonchev–Trinajstić information content (AvgIpc) is 2.87. The minimum atomic E-state index is -0.668. The van der Waals surface area contributed by atoms with E-state index in [1.807, 2.05) is 4.57 Å². The van der Waals surface area contributed by atoms with Crippen LogP contribution >= 0.6 is 0 Å². The Morgan fingerprint density at radius 2 is 2.57 bits per heavy atom. The number of primary amides is 1. The van der Waals surface area contributed by atoms with Crippen LogP contribution < -0.4 is 11.2 Å². The van der Waals surface area contributed by atoms with E-state index < -0.39 is 6.03 Å². The van der Waals surface area contributed by atoms with Crippen molar-refractivity contribution in [2.75, 3.05) is 0 Å². The van der Waals surface area contributed by atoms with Gasteiger partial charge in [-0.1, -0.05) is 0 Å². The van der Waals surface area contributed by atoms with Gasteiger partial charge in [-0.05, 0) is 12.8 Å². The number of amides is 2. The predicted octanol–water partition coefficient (Wildman–Crippen LogP) is 0.220. The summed E-state index contributed by atoms with van der Waals surface area (Å²) in [4.78, 5) is 14.3. The standard InChI is InChI=1S/C8H11N5O/c9-8(14)12-11-4-7-3-10-5-13(7)6-1-2-6/h3-6H,1-2H2,(H3,9,12,14)/b11-4+. The third-order valence-electron chi connectivity index (χ3n) is 2.01. The van der Waals surface area contributed by atoms with Gasteiger partial charge >= 0.3 is 6.03 Å². The lowest BCUT2D eigenvalue weighted by atomic mass is 10.5. The normalized spacial score (nSPS) is 16.0. The van der Waals surface area contributed by atoms with E-state index in [0.717, 1.165) is 5.69 Å². The van der Waals surface area contributed by atoms with E-state index in [1.165, 1.54) is 19.1 Å².